The molecule has 0 fully saturated rings. The van der Waals surface area contributed by atoms with Gasteiger partial charge in [-0.3, -0.25) is 4.79 Å². The largest absolute Gasteiger partial charge is 0.369 e. The molecule has 2 N–H and O–H groups in total. The summed E-state index contributed by atoms with van der Waals surface area (Å²) in [5.74, 6) is 0.779. The lowest BCUT2D eigenvalue weighted by Crippen LogP contribution is -2.14. The van der Waals surface area contributed by atoms with Crippen molar-refractivity contribution in [2.75, 3.05) is 17.2 Å². The van der Waals surface area contributed by atoms with Crippen LogP contribution in [0.3, 0.4) is 0 Å². The number of hydrogen-bond acceptors (Lipinski definition) is 4. The molecular formula is C15H17ClN4O. The van der Waals surface area contributed by atoms with Crippen molar-refractivity contribution in [3.05, 3.63) is 47.0 Å². The minimum absolute atomic E-state index is 0.304. The smallest absolute Gasteiger partial charge is 0.258 e. The number of nitrogens with zero attached hydrogens (tertiary/aromatic N) is 2. The molecule has 0 aliphatic heterocycles. The molecule has 1 aromatic heterocycles. The average molecular weight is 305 g/mol. The SMILES string of the molecule is CCCCNc1ccc(NC(=O)c2ccccc2Cl)nn1. The number of anilines is 2. The van der Waals surface area contributed by atoms with Gasteiger partial charge in [0.1, 0.15) is 5.82 Å². The Labute approximate surface area is 128 Å². The summed E-state index contributed by atoms with van der Waals surface area (Å²) in [6, 6.07) is 10.3. The van der Waals surface area contributed by atoms with Gasteiger partial charge in [-0.25, -0.2) is 0 Å². The van der Waals surface area contributed by atoms with Crippen LogP contribution in [0.5, 0.6) is 0 Å². The van der Waals surface area contributed by atoms with Gasteiger partial charge in [0.2, 0.25) is 0 Å². The Hall–Kier alpha value is -2.14. The second-order valence-electron chi connectivity index (χ2n) is 4.52. The normalized spacial score (nSPS) is 10.2. The summed E-state index contributed by atoms with van der Waals surface area (Å²) in [6.45, 7) is 2.98. The molecule has 21 heavy (non-hydrogen) atoms. The quantitative estimate of drug-likeness (QED) is 0.800. The number of benzene rings is 1. The molecule has 0 saturated carbocycles. The number of carbonyl (C=O) groups excluding carboxylic acids is 1. The van der Waals surface area contributed by atoms with Crippen LogP contribution in [-0.4, -0.2) is 22.6 Å². The Balaban J connectivity index is 1.97. The maximum atomic E-state index is 12.1. The first-order valence-corrected chi connectivity index (χ1v) is 7.22. The fraction of sp³-hybridized carbons (Fsp3) is 0.267. The summed E-state index contributed by atoms with van der Waals surface area (Å²) >= 11 is 5.97. The molecule has 0 unspecified atom stereocenters. The highest BCUT2D eigenvalue weighted by molar-refractivity contribution is 6.34. The van der Waals surface area contributed by atoms with Gasteiger partial charge in [-0.05, 0) is 30.7 Å². The van der Waals surface area contributed by atoms with Gasteiger partial charge in [0.05, 0.1) is 10.6 Å². The summed E-state index contributed by atoms with van der Waals surface area (Å²) in [7, 11) is 0. The third-order valence-corrected chi connectivity index (χ3v) is 3.19. The van der Waals surface area contributed by atoms with Crippen molar-refractivity contribution in [1.29, 1.82) is 0 Å². The van der Waals surface area contributed by atoms with E-state index in [0.717, 1.165) is 19.4 Å². The maximum Gasteiger partial charge on any atom is 0.258 e. The molecule has 0 spiro atoms. The van der Waals surface area contributed by atoms with Crippen LogP contribution in [0.25, 0.3) is 0 Å². The number of nitrogens with one attached hydrogen (secondary N) is 2. The summed E-state index contributed by atoms with van der Waals surface area (Å²) in [5.41, 5.74) is 0.408. The van der Waals surface area contributed by atoms with E-state index in [2.05, 4.69) is 27.8 Å². The Morgan fingerprint density at radius 3 is 2.52 bits per heavy atom. The van der Waals surface area contributed by atoms with E-state index in [1.54, 1.807) is 36.4 Å². The summed E-state index contributed by atoms with van der Waals surface area (Å²) in [5, 5.41) is 14.2. The second kappa shape index (κ2) is 7.59. The molecule has 0 atom stereocenters. The topological polar surface area (TPSA) is 66.9 Å². The number of halogens is 1. The van der Waals surface area contributed by atoms with E-state index in [0.29, 0.717) is 22.2 Å². The third kappa shape index (κ3) is 4.43. The van der Waals surface area contributed by atoms with Gasteiger partial charge in [-0.2, -0.15) is 0 Å². The van der Waals surface area contributed by atoms with E-state index >= 15 is 0 Å². The Morgan fingerprint density at radius 1 is 1.14 bits per heavy atom. The molecule has 1 amide bonds. The fourth-order valence-electron chi connectivity index (χ4n) is 1.72. The van der Waals surface area contributed by atoms with Crippen molar-refractivity contribution in [3.63, 3.8) is 0 Å². The van der Waals surface area contributed by atoms with Crippen LogP contribution in [0, 0.1) is 0 Å². The van der Waals surface area contributed by atoms with E-state index in [9.17, 15) is 4.79 Å². The zero-order chi connectivity index (χ0) is 15.1. The number of rotatable bonds is 6. The number of unbranched alkanes of at least 4 members (excludes halogenated alkanes) is 1. The molecule has 0 radical (unpaired) electrons. The molecule has 0 saturated heterocycles. The van der Waals surface area contributed by atoms with Gasteiger partial charge in [-0.1, -0.05) is 37.1 Å². The number of aromatic nitrogens is 2. The van der Waals surface area contributed by atoms with E-state index < -0.39 is 0 Å². The van der Waals surface area contributed by atoms with E-state index in [4.69, 9.17) is 11.6 Å². The van der Waals surface area contributed by atoms with Crippen LogP contribution >= 0.6 is 11.6 Å². The number of amides is 1. The minimum Gasteiger partial charge on any atom is -0.369 e. The molecule has 0 aliphatic rings. The Morgan fingerprint density at radius 2 is 1.86 bits per heavy atom. The van der Waals surface area contributed by atoms with E-state index in [1.807, 2.05) is 0 Å². The van der Waals surface area contributed by atoms with Crippen LogP contribution in [0.1, 0.15) is 30.1 Å². The first kappa shape index (κ1) is 15.3. The van der Waals surface area contributed by atoms with Gasteiger partial charge in [0, 0.05) is 6.54 Å². The third-order valence-electron chi connectivity index (χ3n) is 2.86. The van der Waals surface area contributed by atoms with Crippen molar-refractivity contribution >= 4 is 29.1 Å². The molecular weight excluding hydrogens is 288 g/mol. The number of hydrogen-bond donors (Lipinski definition) is 2. The second-order valence-corrected chi connectivity index (χ2v) is 4.93. The molecule has 2 rings (SSSR count). The van der Waals surface area contributed by atoms with E-state index in [-0.39, 0.29) is 5.91 Å². The molecule has 0 aliphatic carbocycles. The average Bonchev–Trinajstić information content (AvgIpc) is 2.49. The maximum absolute atomic E-state index is 12.1. The molecule has 6 heteroatoms. The van der Waals surface area contributed by atoms with Gasteiger partial charge in [-0.15, -0.1) is 10.2 Å². The Bertz CT molecular complexity index is 601. The van der Waals surface area contributed by atoms with Gasteiger partial charge >= 0.3 is 0 Å². The van der Waals surface area contributed by atoms with Gasteiger partial charge < -0.3 is 10.6 Å². The van der Waals surface area contributed by atoms with Gasteiger partial charge in [0.15, 0.2) is 5.82 Å². The molecule has 2 aromatic rings. The van der Waals surface area contributed by atoms with Crippen molar-refractivity contribution in [3.8, 4) is 0 Å². The van der Waals surface area contributed by atoms with E-state index in [1.165, 1.54) is 0 Å². The van der Waals surface area contributed by atoms with Gasteiger partial charge in [0.25, 0.3) is 5.91 Å². The van der Waals surface area contributed by atoms with Crippen LogP contribution in [0.2, 0.25) is 5.02 Å². The highest BCUT2D eigenvalue weighted by Gasteiger charge is 2.10. The zero-order valence-corrected chi connectivity index (χ0v) is 12.5. The predicted molar refractivity (Wildman–Crippen MR) is 84.8 cm³/mol. The van der Waals surface area contributed by atoms with Crippen molar-refractivity contribution in [1.82, 2.24) is 10.2 Å². The Kier molecular flexibility index (Phi) is 5.51. The van der Waals surface area contributed by atoms with Crippen LogP contribution in [0.15, 0.2) is 36.4 Å². The minimum atomic E-state index is -0.304. The highest BCUT2D eigenvalue weighted by Crippen LogP contribution is 2.16. The fourth-order valence-corrected chi connectivity index (χ4v) is 1.94. The first-order chi connectivity index (χ1) is 10.2. The molecule has 1 heterocycles. The summed E-state index contributed by atoms with van der Waals surface area (Å²) < 4.78 is 0. The zero-order valence-electron chi connectivity index (χ0n) is 11.8. The first-order valence-electron chi connectivity index (χ1n) is 6.84. The lowest BCUT2D eigenvalue weighted by molar-refractivity contribution is 0.102. The molecule has 1 aromatic carbocycles. The van der Waals surface area contributed by atoms with Crippen LogP contribution < -0.4 is 10.6 Å². The predicted octanol–water partition coefficient (Wildman–Crippen LogP) is 3.59. The molecule has 110 valence electrons. The van der Waals surface area contributed by atoms with Crippen molar-refractivity contribution < 1.29 is 4.79 Å². The monoisotopic (exact) mass is 304 g/mol. The summed E-state index contributed by atoms with van der Waals surface area (Å²) in [6.07, 6.45) is 2.19. The lowest BCUT2D eigenvalue weighted by Gasteiger charge is -2.07. The highest BCUT2D eigenvalue weighted by atomic mass is 35.5. The lowest BCUT2D eigenvalue weighted by atomic mass is 10.2. The van der Waals surface area contributed by atoms with Crippen molar-refractivity contribution in [2.24, 2.45) is 0 Å². The van der Waals surface area contributed by atoms with Crippen LogP contribution in [-0.2, 0) is 0 Å². The summed E-state index contributed by atoms with van der Waals surface area (Å²) in [4.78, 5) is 12.1. The molecule has 0 bridgehead atoms. The van der Waals surface area contributed by atoms with Crippen LogP contribution in [0.4, 0.5) is 11.6 Å². The number of carbonyl (C=O) groups is 1. The molecule has 5 nitrogen and oxygen atoms in total. The van der Waals surface area contributed by atoms with Crippen molar-refractivity contribution in [2.45, 2.75) is 19.8 Å². The standard InChI is InChI=1S/C15H17ClN4O/c1-2-3-10-17-13-8-9-14(20-19-13)18-15(21)11-6-4-5-7-12(11)16/h4-9H,2-3,10H2,1H3,(H,17,19)(H,18,20,21).